The van der Waals surface area contributed by atoms with E-state index < -0.39 is 0 Å². The Labute approximate surface area is 122 Å². The van der Waals surface area contributed by atoms with Gasteiger partial charge in [-0.05, 0) is 48.9 Å². The van der Waals surface area contributed by atoms with Crippen LogP contribution in [0, 0.1) is 11.8 Å². The Morgan fingerprint density at radius 1 is 1.33 bits per heavy atom. The van der Waals surface area contributed by atoms with Crippen molar-refractivity contribution < 1.29 is 4.74 Å². The molecule has 2 nitrogen and oxygen atoms in total. The molecule has 4 heteroatoms. The molecule has 18 heavy (non-hydrogen) atoms. The van der Waals surface area contributed by atoms with Crippen LogP contribution in [0.4, 0.5) is 0 Å². The molecule has 0 aromatic heterocycles. The Morgan fingerprint density at radius 2 is 2.11 bits per heavy atom. The second-order valence-corrected chi connectivity index (χ2v) is 6.26. The Kier molecular flexibility index (Phi) is 5.49. The maximum absolute atomic E-state index is 6.15. The van der Waals surface area contributed by atoms with Gasteiger partial charge in [0.2, 0.25) is 0 Å². The summed E-state index contributed by atoms with van der Waals surface area (Å²) in [7, 11) is 0. The van der Waals surface area contributed by atoms with Gasteiger partial charge in [0.1, 0.15) is 0 Å². The molecule has 1 aromatic rings. The summed E-state index contributed by atoms with van der Waals surface area (Å²) in [5.74, 6) is 1.27. The lowest BCUT2D eigenvalue weighted by Crippen LogP contribution is -2.22. The second kappa shape index (κ2) is 6.90. The Bertz CT molecular complexity index is 399. The third-order valence-electron chi connectivity index (χ3n) is 3.72. The molecule has 1 aliphatic rings. The van der Waals surface area contributed by atoms with Crippen LogP contribution in [0.25, 0.3) is 0 Å². The first-order chi connectivity index (χ1) is 8.70. The average molecular weight is 333 g/mol. The lowest BCUT2D eigenvalue weighted by molar-refractivity contribution is 0.0754. The van der Waals surface area contributed by atoms with Crippen LogP contribution in [0.1, 0.15) is 24.8 Å². The number of hydrogen-bond donors (Lipinski definition) is 1. The van der Waals surface area contributed by atoms with Crippen LogP contribution in [0.3, 0.4) is 0 Å². The van der Waals surface area contributed by atoms with Crippen molar-refractivity contribution in [2.24, 2.45) is 17.6 Å². The number of ether oxygens (including phenoxy) is 1. The first kappa shape index (κ1) is 14.3. The molecular weight excluding hydrogens is 314 g/mol. The van der Waals surface area contributed by atoms with Gasteiger partial charge in [0.15, 0.2) is 0 Å². The van der Waals surface area contributed by atoms with Crippen molar-refractivity contribution in [2.45, 2.75) is 25.9 Å². The zero-order valence-corrected chi connectivity index (χ0v) is 12.7. The van der Waals surface area contributed by atoms with Gasteiger partial charge >= 0.3 is 0 Å². The Hall–Kier alpha value is -0.0900. The topological polar surface area (TPSA) is 35.2 Å². The molecule has 0 saturated heterocycles. The van der Waals surface area contributed by atoms with Crippen molar-refractivity contribution in [3.8, 4) is 0 Å². The summed E-state index contributed by atoms with van der Waals surface area (Å²) in [6.07, 6.45) is 3.79. The molecule has 0 amide bonds. The summed E-state index contributed by atoms with van der Waals surface area (Å²) in [5, 5.41) is 0.756. The van der Waals surface area contributed by atoms with Gasteiger partial charge in [0, 0.05) is 9.50 Å². The number of hydrogen-bond acceptors (Lipinski definition) is 2. The van der Waals surface area contributed by atoms with Crippen LogP contribution in [-0.4, -0.2) is 13.2 Å². The first-order valence-electron chi connectivity index (χ1n) is 6.42. The summed E-state index contributed by atoms with van der Waals surface area (Å²) in [6, 6.07) is 5.89. The van der Waals surface area contributed by atoms with Gasteiger partial charge in [-0.1, -0.05) is 40.0 Å². The Morgan fingerprint density at radius 3 is 2.83 bits per heavy atom. The van der Waals surface area contributed by atoms with Gasteiger partial charge in [-0.15, -0.1) is 0 Å². The molecule has 1 aromatic carbocycles. The molecule has 0 aliphatic heterocycles. The maximum atomic E-state index is 6.15. The summed E-state index contributed by atoms with van der Waals surface area (Å²) in [6.45, 7) is 2.17. The lowest BCUT2D eigenvalue weighted by Gasteiger charge is -2.18. The molecule has 0 bridgehead atoms. The zero-order chi connectivity index (χ0) is 13.0. The van der Waals surface area contributed by atoms with Gasteiger partial charge in [-0.25, -0.2) is 0 Å². The molecular formula is C14H19BrClNO. The molecule has 0 spiro atoms. The van der Waals surface area contributed by atoms with Gasteiger partial charge in [0.05, 0.1) is 13.2 Å². The van der Waals surface area contributed by atoms with Crippen LogP contribution in [0.2, 0.25) is 5.02 Å². The summed E-state index contributed by atoms with van der Waals surface area (Å²) < 4.78 is 6.80. The van der Waals surface area contributed by atoms with E-state index in [-0.39, 0.29) is 0 Å². The van der Waals surface area contributed by atoms with Crippen LogP contribution in [0.5, 0.6) is 0 Å². The number of halogens is 2. The van der Waals surface area contributed by atoms with E-state index in [1.54, 1.807) is 0 Å². The average Bonchev–Trinajstić information content (AvgIpc) is 2.79. The highest BCUT2D eigenvalue weighted by molar-refractivity contribution is 9.10. The summed E-state index contributed by atoms with van der Waals surface area (Å²) in [4.78, 5) is 0. The van der Waals surface area contributed by atoms with Crippen molar-refractivity contribution in [1.82, 2.24) is 0 Å². The zero-order valence-electron chi connectivity index (χ0n) is 10.4. The van der Waals surface area contributed by atoms with Crippen LogP contribution < -0.4 is 5.73 Å². The monoisotopic (exact) mass is 331 g/mol. The normalized spacial score (nSPS) is 23.5. The van der Waals surface area contributed by atoms with Gasteiger partial charge in [-0.3, -0.25) is 0 Å². The standard InChI is InChI=1S/C14H19BrClNO/c15-13-5-4-12(14(16)6-13)9-18-8-11-3-1-2-10(11)7-17/h4-6,10-11H,1-3,7-9,17H2. The van der Waals surface area contributed by atoms with E-state index in [1.165, 1.54) is 19.3 Å². The van der Waals surface area contributed by atoms with Crippen molar-refractivity contribution in [3.05, 3.63) is 33.3 Å². The van der Waals surface area contributed by atoms with Crippen LogP contribution in [0.15, 0.2) is 22.7 Å². The maximum Gasteiger partial charge on any atom is 0.0731 e. The number of rotatable bonds is 5. The third-order valence-corrected chi connectivity index (χ3v) is 4.57. The predicted octanol–water partition coefficient (Wildman–Crippen LogP) is 3.99. The molecule has 2 atom stereocenters. The molecule has 2 unspecified atom stereocenters. The minimum atomic E-state index is 0.583. The molecule has 2 rings (SSSR count). The van der Waals surface area contributed by atoms with Crippen molar-refractivity contribution >= 4 is 27.5 Å². The van der Waals surface area contributed by atoms with Crippen molar-refractivity contribution in [3.63, 3.8) is 0 Å². The van der Waals surface area contributed by atoms with Gasteiger partial charge < -0.3 is 10.5 Å². The van der Waals surface area contributed by atoms with Crippen LogP contribution >= 0.6 is 27.5 Å². The predicted molar refractivity (Wildman–Crippen MR) is 78.7 cm³/mol. The lowest BCUT2D eigenvalue weighted by atomic mass is 9.97. The smallest absolute Gasteiger partial charge is 0.0731 e. The van der Waals surface area contributed by atoms with E-state index >= 15 is 0 Å². The van der Waals surface area contributed by atoms with E-state index in [0.29, 0.717) is 18.4 Å². The second-order valence-electron chi connectivity index (χ2n) is 4.94. The molecule has 1 fully saturated rings. The Balaban J connectivity index is 1.81. The molecule has 0 radical (unpaired) electrons. The van der Waals surface area contributed by atoms with Crippen molar-refractivity contribution in [2.75, 3.05) is 13.2 Å². The SMILES string of the molecule is NCC1CCCC1COCc1ccc(Br)cc1Cl. The largest absolute Gasteiger partial charge is 0.376 e. The molecule has 100 valence electrons. The van der Waals surface area contributed by atoms with E-state index in [0.717, 1.165) is 28.2 Å². The van der Waals surface area contributed by atoms with E-state index in [2.05, 4.69) is 15.9 Å². The third kappa shape index (κ3) is 3.70. The highest BCUT2D eigenvalue weighted by atomic mass is 79.9. The molecule has 0 heterocycles. The molecule has 2 N–H and O–H groups in total. The minimum absolute atomic E-state index is 0.583. The van der Waals surface area contributed by atoms with Gasteiger partial charge in [0.25, 0.3) is 0 Å². The quantitative estimate of drug-likeness (QED) is 0.884. The van der Waals surface area contributed by atoms with E-state index in [9.17, 15) is 0 Å². The highest BCUT2D eigenvalue weighted by Crippen LogP contribution is 2.31. The minimum Gasteiger partial charge on any atom is -0.376 e. The van der Waals surface area contributed by atoms with Crippen LogP contribution in [-0.2, 0) is 11.3 Å². The number of benzene rings is 1. The molecule has 1 aliphatic carbocycles. The number of nitrogens with two attached hydrogens (primary N) is 1. The fraction of sp³-hybridized carbons (Fsp3) is 0.571. The van der Waals surface area contributed by atoms with Crippen molar-refractivity contribution in [1.29, 1.82) is 0 Å². The fourth-order valence-corrected chi connectivity index (χ4v) is 3.33. The van der Waals surface area contributed by atoms with Gasteiger partial charge in [-0.2, -0.15) is 0 Å². The highest BCUT2D eigenvalue weighted by Gasteiger charge is 2.25. The van der Waals surface area contributed by atoms with E-state index in [4.69, 9.17) is 22.1 Å². The fourth-order valence-electron chi connectivity index (χ4n) is 2.60. The van der Waals surface area contributed by atoms with E-state index in [1.807, 2.05) is 18.2 Å². The first-order valence-corrected chi connectivity index (χ1v) is 7.59. The summed E-state index contributed by atoms with van der Waals surface area (Å²) in [5.41, 5.74) is 6.81. The molecule has 1 saturated carbocycles. The summed E-state index contributed by atoms with van der Waals surface area (Å²) >= 11 is 9.55.